The third-order valence-electron chi connectivity index (χ3n) is 7.50. The van der Waals surface area contributed by atoms with E-state index in [1.807, 2.05) is 0 Å². The van der Waals surface area contributed by atoms with Crippen molar-refractivity contribution < 1.29 is 9.31 Å². The van der Waals surface area contributed by atoms with Crippen molar-refractivity contribution in [2.75, 3.05) is 0 Å². The van der Waals surface area contributed by atoms with Gasteiger partial charge in [0.05, 0.1) is 11.7 Å². The Morgan fingerprint density at radius 3 is 2.52 bits per heavy atom. The van der Waals surface area contributed by atoms with Crippen LogP contribution in [-0.2, 0) is 13.7 Å². The number of rotatable bonds is 3. The molecule has 1 aliphatic heterocycles. The Hall–Kier alpha value is -0.845. The SMILES string of the molecule is CC1(C)[C@@H]2C[C@H]3OB(c4cc(CI)cc(-c5ccccc5)c4)O[C@@]3(C)[C@H]1C2. The Labute approximate surface area is 176 Å². The predicted octanol–water partition coefficient (Wildman–Crippen LogP) is 5.22. The highest BCUT2D eigenvalue weighted by atomic mass is 127. The molecule has 1 saturated heterocycles. The first-order valence-electron chi connectivity index (χ1n) is 10.0. The Balaban J connectivity index is 1.49. The van der Waals surface area contributed by atoms with Gasteiger partial charge < -0.3 is 9.31 Å². The van der Waals surface area contributed by atoms with Crippen LogP contribution in [-0.4, -0.2) is 18.8 Å². The van der Waals surface area contributed by atoms with E-state index in [9.17, 15) is 0 Å². The lowest BCUT2D eigenvalue weighted by molar-refractivity contribution is -0.199. The number of hydrogen-bond acceptors (Lipinski definition) is 2. The first-order valence-corrected chi connectivity index (χ1v) is 11.5. The van der Waals surface area contributed by atoms with Crippen LogP contribution >= 0.6 is 22.6 Å². The van der Waals surface area contributed by atoms with E-state index in [0.29, 0.717) is 11.3 Å². The van der Waals surface area contributed by atoms with E-state index < -0.39 is 0 Å². The predicted molar refractivity (Wildman–Crippen MR) is 119 cm³/mol. The van der Waals surface area contributed by atoms with Crippen LogP contribution in [0.25, 0.3) is 11.1 Å². The summed E-state index contributed by atoms with van der Waals surface area (Å²) in [5.41, 5.74) is 5.20. The number of hydrogen-bond donors (Lipinski definition) is 0. The van der Waals surface area contributed by atoms with E-state index in [1.54, 1.807) is 0 Å². The zero-order valence-corrected chi connectivity index (χ0v) is 18.4. The first-order chi connectivity index (χ1) is 12.9. The molecule has 6 rings (SSSR count). The monoisotopic (exact) mass is 472 g/mol. The summed E-state index contributed by atoms with van der Waals surface area (Å²) < 4.78 is 14.2. The van der Waals surface area contributed by atoms with E-state index in [2.05, 4.69) is 91.9 Å². The summed E-state index contributed by atoms with van der Waals surface area (Å²) in [5, 5.41) is 0. The van der Waals surface area contributed by atoms with Gasteiger partial charge in [-0.1, -0.05) is 85.0 Å². The lowest BCUT2D eigenvalue weighted by Crippen LogP contribution is -2.65. The van der Waals surface area contributed by atoms with Crippen LogP contribution < -0.4 is 5.46 Å². The van der Waals surface area contributed by atoms with E-state index in [1.165, 1.54) is 23.1 Å². The standard InChI is InChI=1S/C23H26BIO2/c1-22(2)18-12-20(22)23(3)21(13-18)26-24(27-23)19-10-15(14-25)9-17(11-19)16-7-5-4-6-8-16/h4-11,18,20-21H,12-14H2,1-3H3/t18-,20-,21+,23-/m0/s1. The molecule has 4 heteroatoms. The van der Waals surface area contributed by atoms with Crippen LogP contribution in [0.4, 0.5) is 0 Å². The van der Waals surface area contributed by atoms with Crippen LogP contribution in [0, 0.1) is 17.3 Å². The molecule has 2 aromatic rings. The van der Waals surface area contributed by atoms with Gasteiger partial charge in [0, 0.05) is 4.43 Å². The average molecular weight is 472 g/mol. The van der Waals surface area contributed by atoms with Crippen LogP contribution in [0.1, 0.15) is 39.2 Å². The largest absolute Gasteiger partial charge is 0.494 e. The van der Waals surface area contributed by atoms with Crippen molar-refractivity contribution >= 4 is 35.2 Å². The summed E-state index contributed by atoms with van der Waals surface area (Å²) in [6.45, 7) is 7.11. The second-order valence-electron chi connectivity index (χ2n) is 9.26. The molecule has 4 aliphatic rings. The topological polar surface area (TPSA) is 18.5 Å². The summed E-state index contributed by atoms with van der Waals surface area (Å²) in [6, 6.07) is 17.4. The average Bonchev–Trinajstić information content (AvgIpc) is 3.05. The molecule has 27 heavy (non-hydrogen) atoms. The van der Waals surface area contributed by atoms with Gasteiger partial charge in [-0.2, -0.15) is 0 Å². The second kappa shape index (κ2) is 6.33. The zero-order chi connectivity index (χ0) is 18.8. The van der Waals surface area contributed by atoms with Crippen molar-refractivity contribution in [3.05, 3.63) is 54.1 Å². The van der Waals surface area contributed by atoms with E-state index in [4.69, 9.17) is 9.31 Å². The highest BCUT2D eigenvalue weighted by molar-refractivity contribution is 14.1. The minimum atomic E-state index is -0.250. The molecule has 3 aliphatic carbocycles. The molecule has 1 heterocycles. The number of halogens is 1. The van der Waals surface area contributed by atoms with E-state index in [-0.39, 0.29) is 18.8 Å². The summed E-state index contributed by atoms with van der Waals surface area (Å²) in [6.07, 6.45) is 2.65. The van der Waals surface area contributed by atoms with Gasteiger partial charge in [0.1, 0.15) is 0 Å². The molecule has 3 saturated carbocycles. The van der Waals surface area contributed by atoms with E-state index >= 15 is 0 Å². The Bertz CT molecular complexity index is 868. The molecule has 0 amide bonds. The third kappa shape index (κ3) is 2.74. The normalized spacial score (nSPS) is 33.5. The maximum atomic E-state index is 6.69. The molecule has 140 valence electrons. The van der Waals surface area contributed by atoms with Crippen molar-refractivity contribution in [1.82, 2.24) is 0 Å². The van der Waals surface area contributed by atoms with Crippen LogP contribution in [0.15, 0.2) is 48.5 Å². The van der Waals surface area contributed by atoms with Gasteiger partial charge in [-0.05, 0) is 59.2 Å². The fourth-order valence-corrected chi connectivity index (χ4v) is 6.18. The fraction of sp³-hybridized carbons (Fsp3) is 0.478. The van der Waals surface area contributed by atoms with Gasteiger partial charge >= 0.3 is 7.12 Å². The molecule has 4 fully saturated rings. The Morgan fingerprint density at radius 2 is 1.81 bits per heavy atom. The summed E-state index contributed by atoms with van der Waals surface area (Å²) >= 11 is 2.44. The van der Waals surface area contributed by atoms with Gasteiger partial charge in [-0.15, -0.1) is 0 Å². The molecule has 2 nitrogen and oxygen atoms in total. The lowest BCUT2D eigenvalue weighted by Gasteiger charge is -2.64. The molecule has 0 N–H and O–H groups in total. The zero-order valence-electron chi connectivity index (χ0n) is 16.2. The van der Waals surface area contributed by atoms with Crippen molar-refractivity contribution in [2.24, 2.45) is 17.3 Å². The molecule has 2 aromatic carbocycles. The van der Waals surface area contributed by atoms with Gasteiger partial charge in [0.25, 0.3) is 0 Å². The highest BCUT2D eigenvalue weighted by Gasteiger charge is 2.68. The first kappa shape index (κ1) is 18.2. The third-order valence-corrected chi connectivity index (χ3v) is 8.38. The quantitative estimate of drug-likeness (QED) is 0.347. The second-order valence-corrected chi connectivity index (χ2v) is 10.0. The van der Waals surface area contributed by atoms with Crippen molar-refractivity contribution in [3.63, 3.8) is 0 Å². The Morgan fingerprint density at radius 1 is 1.04 bits per heavy atom. The maximum Gasteiger partial charge on any atom is 0.494 e. The van der Waals surface area contributed by atoms with Crippen LogP contribution in [0.3, 0.4) is 0 Å². The molecular formula is C23H26BIO2. The maximum absolute atomic E-state index is 6.69. The lowest BCUT2D eigenvalue weighted by atomic mass is 9.43. The fourth-order valence-electron chi connectivity index (χ4n) is 5.74. The van der Waals surface area contributed by atoms with Gasteiger partial charge in [0.2, 0.25) is 0 Å². The minimum absolute atomic E-state index is 0.157. The molecule has 0 aromatic heterocycles. The smallest absolute Gasteiger partial charge is 0.402 e. The van der Waals surface area contributed by atoms with Gasteiger partial charge in [-0.3, -0.25) is 0 Å². The molecule has 4 atom stereocenters. The molecule has 0 radical (unpaired) electrons. The Kier molecular flexibility index (Phi) is 4.27. The molecular weight excluding hydrogens is 446 g/mol. The minimum Gasteiger partial charge on any atom is -0.402 e. The highest BCUT2D eigenvalue weighted by Crippen LogP contribution is 2.65. The summed E-state index contributed by atoms with van der Waals surface area (Å²) in [5.74, 6) is 1.38. The van der Waals surface area contributed by atoms with Crippen molar-refractivity contribution in [2.45, 2.75) is 49.7 Å². The molecule has 0 spiro atoms. The summed E-state index contributed by atoms with van der Waals surface area (Å²) in [4.78, 5) is 0. The molecule has 0 unspecified atom stereocenters. The van der Waals surface area contributed by atoms with Gasteiger partial charge in [0.15, 0.2) is 0 Å². The van der Waals surface area contributed by atoms with Gasteiger partial charge in [-0.25, -0.2) is 0 Å². The molecule has 2 bridgehead atoms. The van der Waals surface area contributed by atoms with Crippen LogP contribution in [0.5, 0.6) is 0 Å². The van der Waals surface area contributed by atoms with Crippen LogP contribution in [0.2, 0.25) is 0 Å². The number of benzene rings is 2. The summed E-state index contributed by atoms with van der Waals surface area (Å²) in [7, 11) is -0.250. The number of alkyl halides is 1. The van der Waals surface area contributed by atoms with Crippen molar-refractivity contribution in [3.8, 4) is 11.1 Å². The van der Waals surface area contributed by atoms with E-state index in [0.717, 1.165) is 22.2 Å². The van der Waals surface area contributed by atoms with Crippen molar-refractivity contribution in [1.29, 1.82) is 0 Å².